The Kier molecular flexibility index (Phi) is 5.84. The summed E-state index contributed by atoms with van der Waals surface area (Å²) in [5, 5.41) is 14.0. The normalized spacial score (nSPS) is 21.5. The van der Waals surface area contributed by atoms with Gasteiger partial charge in [0.25, 0.3) is 0 Å². The summed E-state index contributed by atoms with van der Waals surface area (Å²) in [5.74, 6) is 3.20. The summed E-state index contributed by atoms with van der Waals surface area (Å²) in [4.78, 5) is 32.1. The fourth-order valence-corrected chi connectivity index (χ4v) is 5.47. The van der Waals surface area contributed by atoms with Gasteiger partial charge < -0.3 is 25.2 Å². The van der Waals surface area contributed by atoms with Gasteiger partial charge in [-0.25, -0.2) is 4.98 Å². The van der Waals surface area contributed by atoms with Crippen LogP contribution >= 0.6 is 0 Å². The standard InChI is InChI=1S/C27H32N10O2/c1-27(24(38)29-19-7-8-22(28-17-19)35-12-14-39-15-13-35)9-3-11-37(27)26-31-23-4-2-10-36(23)25(32-26)30-21-16-20(33-34-21)18-5-6-18/h2,4,7-8,10,16-18H,3,5-6,9,11-15H2,1H3,(H,29,38)(H2,30,31,32,33,34)/t27-/m0/s1. The number of ether oxygens (including phenoxy) is 1. The Bertz CT molecular complexity index is 1490. The van der Waals surface area contributed by atoms with E-state index in [0.717, 1.165) is 36.7 Å². The van der Waals surface area contributed by atoms with Crippen LogP contribution in [0.4, 0.5) is 29.2 Å². The highest BCUT2D eigenvalue weighted by molar-refractivity contribution is 6.00. The van der Waals surface area contributed by atoms with Crippen molar-refractivity contribution in [1.82, 2.24) is 29.5 Å². The van der Waals surface area contributed by atoms with Crippen LogP contribution in [0.3, 0.4) is 0 Å². The minimum Gasteiger partial charge on any atom is -0.378 e. The van der Waals surface area contributed by atoms with Gasteiger partial charge in [-0.1, -0.05) is 0 Å². The van der Waals surface area contributed by atoms with E-state index in [2.05, 4.69) is 30.7 Å². The average molecular weight is 529 g/mol. The minimum atomic E-state index is -0.809. The van der Waals surface area contributed by atoms with Crippen LogP contribution in [0.25, 0.3) is 5.65 Å². The first-order chi connectivity index (χ1) is 19.1. The fraction of sp³-hybridized carbons (Fsp3) is 0.444. The second kappa shape index (κ2) is 9.53. The Morgan fingerprint density at radius 2 is 2.03 bits per heavy atom. The lowest BCUT2D eigenvalue weighted by Crippen LogP contribution is -2.51. The van der Waals surface area contributed by atoms with Crippen LogP contribution in [0.15, 0.2) is 42.7 Å². The largest absolute Gasteiger partial charge is 0.378 e. The zero-order valence-corrected chi connectivity index (χ0v) is 21.9. The van der Waals surface area contributed by atoms with Gasteiger partial charge in [0.15, 0.2) is 5.82 Å². The van der Waals surface area contributed by atoms with E-state index in [9.17, 15) is 4.79 Å². The molecule has 3 fully saturated rings. The van der Waals surface area contributed by atoms with E-state index >= 15 is 0 Å². The van der Waals surface area contributed by atoms with Crippen molar-refractivity contribution in [3.8, 4) is 0 Å². The van der Waals surface area contributed by atoms with E-state index in [-0.39, 0.29) is 5.91 Å². The van der Waals surface area contributed by atoms with Crippen LogP contribution in [-0.2, 0) is 9.53 Å². The van der Waals surface area contributed by atoms with Gasteiger partial charge in [-0.15, -0.1) is 0 Å². The number of amides is 1. The summed E-state index contributed by atoms with van der Waals surface area (Å²) < 4.78 is 7.32. The zero-order valence-electron chi connectivity index (χ0n) is 21.9. The third-order valence-electron chi connectivity index (χ3n) is 7.94. The van der Waals surface area contributed by atoms with Crippen molar-refractivity contribution >= 4 is 40.8 Å². The average Bonchev–Trinajstić information content (AvgIpc) is 3.31. The number of carbonyl (C=O) groups is 1. The van der Waals surface area contributed by atoms with E-state index in [1.165, 1.54) is 12.8 Å². The number of aromatic amines is 1. The van der Waals surface area contributed by atoms with Gasteiger partial charge in [0.05, 0.1) is 25.1 Å². The maximum absolute atomic E-state index is 13.7. The van der Waals surface area contributed by atoms with Crippen LogP contribution in [0.5, 0.6) is 0 Å². The zero-order chi connectivity index (χ0) is 26.4. The summed E-state index contributed by atoms with van der Waals surface area (Å²) >= 11 is 0. The molecule has 12 nitrogen and oxygen atoms in total. The van der Waals surface area contributed by atoms with Crippen LogP contribution < -0.4 is 20.4 Å². The Balaban J connectivity index is 1.12. The molecule has 2 saturated heterocycles. The minimum absolute atomic E-state index is 0.101. The molecule has 202 valence electrons. The molecule has 0 radical (unpaired) electrons. The number of nitrogens with one attached hydrogen (secondary N) is 3. The highest BCUT2D eigenvalue weighted by Crippen LogP contribution is 2.40. The number of rotatable bonds is 7. The van der Waals surface area contributed by atoms with Crippen molar-refractivity contribution in [3.05, 3.63) is 48.4 Å². The maximum Gasteiger partial charge on any atom is 0.250 e. The molecule has 3 N–H and O–H groups in total. The van der Waals surface area contributed by atoms with Crippen molar-refractivity contribution in [2.45, 2.75) is 44.1 Å². The molecular weight excluding hydrogens is 496 g/mol. The van der Waals surface area contributed by atoms with Crippen LogP contribution in [-0.4, -0.2) is 73.8 Å². The quantitative estimate of drug-likeness (QED) is 0.331. The van der Waals surface area contributed by atoms with Gasteiger partial charge in [-0.05, 0) is 56.9 Å². The molecule has 0 unspecified atom stereocenters. The molecule has 2 aliphatic heterocycles. The number of hydrogen-bond acceptors (Lipinski definition) is 9. The highest BCUT2D eigenvalue weighted by atomic mass is 16.5. The highest BCUT2D eigenvalue weighted by Gasteiger charge is 2.45. The van der Waals surface area contributed by atoms with Gasteiger partial charge in [0, 0.05) is 43.5 Å². The van der Waals surface area contributed by atoms with Crippen LogP contribution in [0, 0.1) is 0 Å². The lowest BCUT2D eigenvalue weighted by Gasteiger charge is -2.34. The number of nitrogens with zero attached hydrogens (tertiary/aromatic N) is 7. The molecule has 39 heavy (non-hydrogen) atoms. The number of hydrogen-bond donors (Lipinski definition) is 3. The van der Waals surface area contributed by atoms with Gasteiger partial charge >= 0.3 is 0 Å². The second-order valence-electron chi connectivity index (χ2n) is 10.7. The molecule has 7 rings (SSSR count). The van der Waals surface area contributed by atoms with Crippen molar-refractivity contribution in [2.75, 3.05) is 53.3 Å². The summed E-state index contributed by atoms with van der Waals surface area (Å²) in [5.41, 5.74) is 1.75. The third kappa shape index (κ3) is 4.54. The predicted molar refractivity (Wildman–Crippen MR) is 148 cm³/mol. The molecule has 0 aromatic carbocycles. The fourth-order valence-electron chi connectivity index (χ4n) is 5.47. The van der Waals surface area contributed by atoms with Crippen molar-refractivity contribution in [2.24, 2.45) is 0 Å². The molecule has 12 heteroatoms. The van der Waals surface area contributed by atoms with Crippen molar-refractivity contribution < 1.29 is 9.53 Å². The van der Waals surface area contributed by atoms with Gasteiger partial charge in [-0.2, -0.15) is 15.1 Å². The topological polar surface area (TPSA) is 129 Å². The van der Waals surface area contributed by atoms with Crippen molar-refractivity contribution in [1.29, 1.82) is 0 Å². The maximum atomic E-state index is 13.7. The Morgan fingerprint density at radius 1 is 1.15 bits per heavy atom. The number of carbonyl (C=O) groups excluding carboxylic acids is 1. The molecule has 3 aliphatic rings. The first-order valence-corrected chi connectivity index (χ1v) is 13.6. The predicted octanol–water partition coefficient (Wildman–Crippen LogP) is 3.30. The molecule has 6 heterocycles. The van der Waals surface area contributed by atoms with E-state index in [4.69, 9.17) is 14.7 Å². The summed E-state index contributed by atoms with van der Waals surface area (Å²) in [6, 6.07) is 9.76. The summed E-state index contributed by atoms with van der Waals surface area (Å²) in [6.45, 7) is 5.67. The van der Waals surface area contributed by atoms with Gasteiger partial charge in [0.2, 0.25) is 17.8 Å². The lowest BCUT2D eigenvalue weighted by atomic mass is 9.97. The molecular formula is C27H32N10O2. The molecule has 4 aromatic rings. The smallest absolute Gasteiger partial charge is 0.250 e. The SMILES string of the molecule is C[C@@]1(C(=O)Nc2ccc(N3CCOCC3)nc2)CCCN1c1nc(Nc2cc(C3CC3)[nH]n2)n2cccc2n1. The molecule has 1 aliphatic carbocycles. The van der Waals surface area contributed by atoms with E-state index in [1.54, 1.807) is 6.20 Å². The summed E-state index contributed by atoms with van der Waals surface area (Å²) in [7, 11) is 0. The molecule has 4 aromatic heterocycles. The number of pyridine rings is 1. The van der Waals surface area contributed by atoms with Crippen LogP contribution in [0.1, 0.15) is 44.2 Å². The van der Waals surface area contributed by atoms with E-state index in [0.29, 0.717) is 55.5 Å². The Labute approximate surface area is 225 Å². The van der Waals surface area contributed by atoms with Gasteiger partial charge in [-0.3, -0.25) is 14.3 Å². The summed E-state index contributed by atoms with van der Waals surface area (Å²) in [6.07, 6.45) is 7.59. The number of fused-ring (bicyclic) bond motifs is 1. The molecule has 1 saturated carbocycles. The second-order valence-corrected chi connectivity index (χ2v) is 10.7. The lowest BCUT2D eigenvalue weighted by molar-refractivity contribution is -0.120. The third-order valence-corrected chi connectivity index (χ3v) is 7.94. The Hall–Kier alpha value is -4.19. The monoisotopic (exact) mass is 528 g/mol. The molecule has 0 spiro atoms. The Morgan fingerprint density at radius 3 is 2.82 bits per heavy atom. The van der Waals surface area contributed by atoms with Crippen molar-refractivity contribution in [3.63, 3.8) is 0 Å². The van der Waals surface area contributed by atoms with Crippen LogP contribution in [0.2, 0.25) is 0 Å². The molecule has 0 bridgehead atoms. The van der Waals surface area contributed by atoms with Gasteiger partial charge in [0.1, 0.15) is 17.0 Å². The van der Waals surface area contributed by atoms with E-state index < -0.39 is 5.54 Å². The number of H-pyrrole nitrogens is 1. The first-order valence-electron chi connectivity index (χ1n) is 13.6. The number of aromatic nitrogens is 6. The van der Waals surface area contributed by atoms with E-state index in [1.807, 2.05) is 52.8 Å². The molecule has 1 atom stereocenters. The number of morpholine rings is 1. The molecule has 1 amide bonds. The first kappa shape index (κ1) is 23.9. The number of anilines is 5.